The first kappa shape index (κ1) is 17.7. The van der Waals surface area contributed by atoms with Gasteiger partial charge in [0.1, 0.15) is 13.2 Å². The number of rotatable bonds is 7. The molecule has 0 saturated carbocycles. The molecule has 0 aliphatic heterocycles. The van der Waals surface area contributed by atoms with Crippen molar-refractivity contribution in [2.45, 2.75) is 25.4 Å². The molecule has 0 aliphatic rings. The standard InChI is InChI=1S/C18H18O6/c19-15(17(21)23-11-13-7-3-1-4-8-13)16(20)18(22)24-12-14-9-5-2-6-10-14/h1-10,15-16,19-20H,11-12H2/t15-,16+. The molecule has 6 nitrogen and oxygen atoms in total. The van der Waals surface area contributed by atoms with E-state index in [1.165, 1.54) is 0 Å². The van der Waals surface area contributed by atoms with E-state index in [-0.39, 0.29) is 13.2 Å². The predicted octanol–water partition coefficient (Wildman–Crippen LogP) is 1.19. The fourth-order valence-electron chi connectivity index (χ4n) is 1.89. The van der Waals surface area contributed by atoms with E-state index < -0.39 is 24.1 Å². The Morgan fingerprint density at radius 2 is 1.04 bits per heavy atom. The molecule has 2 aromatic carbocycles. The van der Waals surface area contributed by atoms with E-state index in [0.29, 0.717) is 0 Å². The van der Waals surface area contributed by atoms with Crippen LogP contribution in [0.1, 0.15) is 11.1 Å². The van der Waals surface area contributed by atoms with Crippen molar-refractivity contribution in [1.82, 2.24) is 0 Å². The van der Waals surface area contributed by atoms with Crippen LogP contribution in [-0.2, 0) is 32.3 Å². The summed E-state index contributed by atoms with van der Waals surface area (Å²) in [5.41, 5.74) is 1.44. The van der Waals surface area contributed by atoms with Gasteiger partial charge in [0.15, 0.2) is 12.2 Å². The number of esters is 2. The molecule has 0 spiro atoms. The lowest BCUT2D eigenvalue weighted by Crippen LogP contribution is -2.41. The van der Waals surface area contributed by atoms with Gasteiger partial charge in [0.2, 0.25) is 0 Å². The van der Waals surface area contributed by atoms with E-state index >= 15 is 0 Å². The summed E-state index contributed by atoms with van der Waals surface area (Å²) in [4.78, 5) is 23.4. The first-order valence-electron chi connectivity index (χ1n) is 7.35. The SMILES string of the molecule is O=C(OCc1ccccc1)[C@@H](O)[C@@H](O)C(=O)OCc1ccccc1. The predicted molar refractivity (Wildman–Crippen MR) is 84.5 cm³/mol. The van der Waals surface area contributed by atoms with Crippen molar-refractivity contribution in [3.8, 4) is 0 Å². The number of hydrogen-bond acceptors (Lipinski definition) is 6. The molecule has 2 aromatic rings. The molecule has 2 atom stereocenters. The van der Waals surface area contributed by atoms with Gasteiger partial charge in [0.05, 0.1) is 0 Å². The maximum atomic E-state index is 11.7. The van der Waals surface area contributed by atoms with Gasteiger partial charge in [-0.25, -0.2) is 9.59 Å². The summed E-state index contributed by atoms with van der Waals surface area (Å²) in [6, 6.07) is 17.7. The van der Waals surface area contributed by atoms with Crippen LogP contribution in [0.2, 0.25) is 0 Å². The van der Waals surface area contributed by atoms with Gasteiger partial charge < -0.3 is 19.7 Å². The zero-order chi connectivity index (χ0) is 17.4. The minimum Gasteiger partial charge on any atom is -0.459 e. The van der Waals surface area contributed by atoms with Crippen LogP contribution >= 0.6 is 0 Å². The zero-order valence-electron chi connectivity index (χ0n) is 12.9. The Hall–Kier alpha value is -2.70. The second kappa shape index (κ2) is 8.81. The van der Waals surface area contributed by atoms with E-state index in [9.17, 15) is 19.8 Å². The van der Waals surface area contributed by atoms with Crippen LogP contribution in [0.4, 0.5) is 0 Å². The van der Waals surface area contributed by atoms with Crippen molar-refractivity contribution >= 4 is 11.9 Å². The molecule has 0 fully saturated rings. The third-order valence-electron chi connectivity index (χ3n) is 3.23. The van der Waals surface area contributed by atoms with Crippen molar-refractivity contribution < 1.29 is 29.3 Å². The topological polar surface area (TPSA) is 93.1 Å². The molecular formula is C18H18O6. The Labute approximate surface area is 139 Å². The summed E-state index contributed by atoms with van der Waals surface area (Å²) < 4.78 is 9.73. The largest absolute Gasteiger partial charge is 0.459 e. The van der Waals surface area contributed by atoms with Gasteiger partial charge in [0, 0.05) is 0 Å². The molecule has 0 unspecified atom stereocenters. The van der Waals surface area contributed by atoms with Gasteiger partial charge >= 0.3 is 11.9 Å². The molecular weight excluding hydrogens is 312 g/mol. The van der Waals surface area contributed by atoms with Crippen molar-refractivity contribution in [1.29, 1.82) is 0 Å². The normalized spacial score (nSPS) is 12.9. The molecule has 0 heterocycles. The third kappa shape index (κ3) is 5.19. The van der Waals surface area contributed by atoms with Crippen LogP contribution in [0.3, 0.4) is 0 Å². The number of aliphatic hydroxyl groups is 2. The molecule has 2 N–H and O–H groups in total. The molecule has 6 heteroatoms. The lowest BCUT2D eigenvalue weighted by molar-refractivity contribution is -0.174. The van der Waals surface area contributed by atoms with Gasteiger partial charge in [-0.15, -0.1) is 0 Å². The van der Waals surface area contributed by atoms with Crippen LogP contribution in [0, 0.1) is 0 Å². The summed E-state index contributed by atoms with van der Waals surface area (Å²) in [5, 5.41) is 19.4. The lowest BCUT2D eigenvalue weighted by Gasteiger charge is -2.16. The lowest BCUT2D eigenvalue weighted by atomic mass is 10.2. The fourth-order valence-corrected chi connectivity index (χ4v) is 1.89. The molecule has 0 aliphatic carbocycles. The van der Waals surface area contributed by atoms with Gasteiger partial charge in [-0.1, -0.05) is 60.7 Å². The molecule has 126 valence electrons. The average Bonchev–Trinajstić information content (AvgIpc) is 2.64. The maximum absolute atomic E-state index is 11.7. The minimum atomic E-state index is -2.00. The highest BCUT2D eigenvalue weighted by molar-refractivity contribution is 5.85. The van der Waals surface area contributed by atoms with Crippen molar-refractivity contribution in [3.05, 3.63) is 71.8 Å². The molecule has 2 rings (SSSR count). The first-order valence-corrected chi connectivity index (χ1v) is 7.35. The number of benzene rings is 2. The van der Waals surface area contributed by atoms with Crippen molar-refractivity contribution in [2.75, 3.05) is 0 Å². The second-order valence-corrected chi connectivity index (χ2v) is 5.08. The summed E-state index contributed by atoms with van der Waals surface area (Å²) in [6.45, 7) is -0.134. The molecule has 24 heavy (non-hydrogen) atoms. The average molecular weight is 330 g/mol. The molecule has 0 amide bonds. The highest BCUT2D eigenvalue weighted by Gasteiger charge is 2.32. The quantitative estimate of drug-likeness (QED) is 0.741. The van der Waals surface area contributed by atoms with Crippen molar-refractivity contribution in [2.24, 2.45) is 0 Å². The van der Waals surface area contributed by atoms with E-state index in [4.69, 9.17) is 9.47 Å². The van der Waals surface area contributed by atoms with Gasteiger partial charge in [-0.3, -0.25) is 0 Å². The Kier molecular flexibility index (Phi) is 6.48. The zero-order valence-corrected chi connectivity index (χ0v) is 12.9. The summed E-state index contributed by atoms with van der Waals surface area (Å²) in [6.07, 6.45) is -4.01. The Morgan fingerprint density at radius 1 is 0.708 bits per heavy atom. The third-order valence-corrected chi connectivity index (χ3v) is 3.23. The second-order valence-electron chi connectivity index (χ2n) is 5.08. The van der Waals surface area contributed by atoms with Crippen LogP contribution in [-0.4, -0.2) is 34.4 Å². The first-order chi connectivity index (χ1) is 11.6. The molecule has 0 radical (unpaired) electrons. The fraction of sp³-hybridized carbons (Fsp3) is 0.222. The summed E-state index contributed by atoms with van der Waals surface area (Å²) in [5.74, 6) is -2.19. The molecule has 0 aromatic heterocycles. The molecule has 0 saturated heterocycles. The van der Waals surface area contributed by atoms with Gasteiger partial charge in [0.25, 0.3) is 0 Å². The van der Waals surface area contributed by atoms with E-state index in [0.717, 1.165) is 11.1 Å². The van der Waals surface area contributed by atoms with E-state index in [1.807, 2.05) is 12.1 Å². The van der Waals surface area contributed by atoms with Crippen LogP contribution in [0.15, 0.2) is 60.7 Å². The highest BCUT2D eigenvalue weighted by Crippen LogP contribution is 2.07. The number of carbonyl (C=O) groups is 2. The van der Waals surface area contributed by atoms with Gasteiger partial charge in [-0.05, 0) is 11.1 Å². The number of carbonyl (C=O) groups excluding carboxylic acids is 2. The van der Waals surface area contributed by atoms with Crippen molar-refractivity contribution in [3.63, 3.8) is 0 Å². The Bertz CT molecular complexity index is 596. The van der Waals surface area contributed by atoms with E-state index in [1.54, 1.807) is 48.5 Å². The minimum absolute atomic E-state index is 0.0669. The van der Waals surface area contributed by atoms with Crippen LogP contribution < -0.4 is 0 Å². The van der Waals surface area contributed by atoms with Crippen LogP contribution in [0.5, 0.6) is 0 Å². The molecule has 0 bridgehead atoms. The maximum Gasteiger partial charge on any atom is 0.338 e. The highest BCUT2D eigenvalue weighted by atomic mass is 16.6. The Balaban J connectivity index is 1.80. The van der Waals surface area contributed by atoms with E-state index in [2.05, 4.69) is 0 Å². The summed E-state index contributed by atoms with van der Waals surface area (Å²) in [7, 11) is 0. The number of aliphatic hydroxyl groups excluding tert-OH is 2. The Morgan fingerprint density at radius 3 is 1.38 bits per heavy atom. The number of ether oxygens (including phenoxy) is 2. The van der Waals surface area contributed by atoms with Gasteiger partial charge in [-0.2, -0.15) is 0 Å². The van der Waals surface area contributed by atoms with Crippen LogP contribution in [0.25, 0.3) is 0 Å². The summed E-state index contributed by atoms with van der Waals surface area (Å²) >= 11 is 0. The number of hydrogen-bond donors (Lipinski definition) is 2. The monoisotopic (exact) mass is 330 g/mol. The smallest absolute Gasteiger partial charge is 0.338 e.